The largest absolute Gasteiger partial charge is 0.306 e. The standard InChI is InChI=1S/C14H16N4S/c1-9(15-7-12-8-17-18-10(12)2)11-5-14-13(16-6-11)3-4-19-14/h3-6,8-9,15H,7H2,1-2H3,(H,17,18). The van der Waals surface area contributed by atoms with Gasteiger partial charge in [-0.1, -0.05) is 0 Å². The Morgan fingerprint density at radius 2 is 2.32 bits per heavy atom. The Morgan fingerprint density at radius 3 is 3.11 bits per heavy atom. The Balaban J connectivity index is 1.72. The summed E-state index contributed by atoms with van der Waals surface area (Å²) in [6, 6.07) is 4.54. The minimum atomic E-state index is 0.272. The highest BCUT2D eigenvalue weighted by Crippen LogP contribution is 2.22. The SMILES string of the molecule is Cc1[nH]ncc1CNC(C)c1cnc2ccsc2c1. The molecule has 0 saturated carbocycles. The van der Waals surface area contributed by atoms with Gasteiger partial charge in [-0.2, -0.15) is 5.10 Å². The van der Waals surface area contributed by atoms with Crippen molar-refractivity contribution in [3.05, 3.63) is 46.7 Å². The first-order valence-corrected chi connectivity index (χ1v) is 7.17. The first kappa shape index (κ1) is 12.3. The number of nitrogens with one attached hydrogen (secondary N) is 2. The lowest BCUT2D eigenvalue weighted by Gasteiger charge is -2.13. The Labute approximate surface area is 115 Å². The normalized spacial score (nSPS) is 12.9. The number of fused-ring (bicyclic) bond motifs is 1. The summed E-state index contributed by atoms with van der Waals surface area (Å²) in [6.45, 7) is 5.01. The topological polar surface area (TPSA) is 53.6 Å². The van der Waals surface area contributed by atoms with Crippen molar-refractivity contribution in [2.45, 2.75) is 26.4 Å². The van der Waals surface area contributed by atoms with Gasteiger partial charge in [0.1, 0.15) is 0 Å². The maximum Gasteiger partial charge on any atom is 0.0809 e. The molecule has 0 aliphatic carbocycles. The van der Waals surface area contributed by atoms with Gasteiger partial charge in [0.2, 0.25) is 0 Å². The van der Waals surface area contributed by atoms with Crippen molar-refractivity contribution >= 4 is 21.6 Å². The minimum Gasteiger partial charge on any atom is -0.306 e. The molecule has 1 atom stereocenters. The van der Waals surface area contributed by atoms with Gasteiger partial charge in [0.15, 0.2) is 0 Å². The number of aromatic amines is 1. The van der Waals surface area contributed by atoms with E-state index in [0.29, 0.717) is 0 Å². The van der Waals surface area contributed by atoms with Crippen LogP contribution in [0.4, 0.5) is 0 Å². The van der Waals surface area contributed by atoms with Crippen molar-refractivity contribution in [2.75, 3.05) is 0 Å². The highest BCUT2D eigenvalue weighted by molar-refractivity contribution is 7.17. The number of thiophene rings is 1. The molecule has 2 N–H and O–H groups in total. The van der Waals surface area contributed by atoms with Crippen LogP contribution in [0.5, 0.6) is 0 Å². The van der Waals surface area contributed by atoms with Gasteiger partial charge >= 0.3 is 0 Å². The van der Waals surface area contributed by atoms with E-state index in [1.807, 2.05) is 19.3 Å². The molecule has 98 valence electrons. The second-order valence-electron chi connectivity index (χ2n) is 4.70. The van der Waals surface area contributed by atoms with Crippen molar-refractivity contribution in [1.29, 1.82) is 0 Å². The average molecular weight is 272 g/mol. The monoisotopic (exact) mass is 272 g/mol. The van der Waals surface area contributed by atoms with E-state index in [-0.39, 0.29) is 6.04 Å². The van der Waals surface area contributed by atoms with E-state index < -0.39 is 0 Å². The zero-order chi connectivity index (χ0) is 13.2. The van der Waals surface area contributed by atoms with E-state index in [2.05, 4.69) is 44.9 Å². The Hall–Kier alpha value is -1.72. The van der Waals surface area contributed by atoms with Crippen LogP contribution in [0.3, 0.4) is 0 Å². The van der Waals surface area contributed by atoms with Crippen molar-refractivity contribution in [3.8, 4) is 0 Å². The lowest BCUT2D eigenvalue weighted by molar-refractivity contribution is 0.573. The van der Waals surface area contributed by atoms with E-state index >= 15 is 0 Å². The molecule has 0 aromatic carbocycles. The average Bonchev–Trinajstić information content (AvgIpc) is 3.03. The van der Waals surface area contributed by atoms with Gasteiger partial charge in [-0.25, -0.2) is 0 Å². The number of aryl methyl sites for hydroxylation is 1. The third kappa shape index (κ3) is 2.52. The Morgan fingerprint density at radius 1 is 1.42 bits per heavy atom. The fourth-order valence-electron chi connectivity index (χ4n) is 2.03. The Bertz CT molecular complexity index is 685. The third-order valence-corrected chi connectivity index (χ3v) is 4.21. The summed E-state index contributed by atoms with van der Waals surface area (Å²) in [6.07, 6.45) is 3.82. The molecule has 4 nitrogen and oxygen atoms in total. The van der Waals surface area contributed by atoms with Crippen molar-refractivity contribution in [3.63, 3.8) is 0 Å². The number of hydrogen-bond donors (Lipinski definition) is 2. The molecule has 3 aromatic heterocycles. The van der Waals surface area contributed by atoms with Crippen LogP contribution < -0.4 is 5.32 Å². The van der Waals surface area contributed by atoms with Crippen LogP contribution in [-0.4, -0.2) is 15.2 Å². The zero-order valence-electron chi connectivity index (χ0n) is 11.0. The molecule has 0 aliphatic rings. The van der Waals surface area contributed by atoms with Gasteiger partial charge in [0.25, 0.3) is 0 Å². The maximum atomic E-state index is 4.48. The summed E-state index contributed by atoms with van der Waals surface area (Å²) in [5, 5.41) is 12.6. The maximum absolute atomic E-state index is 4.48. The molecule has 0 radical (unpaired) electrons. The molecule has 0 spiro atoms. The smallest absolute Gasteiger partial charge is 0.0809 e. The molecule has 0 amide bonds. The van der Waals surface area contributed by atoms with Crippen LogP contribution in [0, 0.1) is 6.92 Å². The fourth-order valence-corrected chi connectivity index (χ4v) is 2.82. The summed E-state index contributed by atoms with van der Waals surface area (Å²) in [5.41, 5.74) is 4.62. The predicted molar refractivity (Wildman–Crippen MR) is 78.2 cm³/mol. The van der Waals surface area contributed by atoms with Crippen molar-refractivity contribution in [2.24, 2.45) is 0 Å². The van der Waals surface area contributed by atoms with Gasteiger partial charge < -0.3 is 5.32 Å². The van der Waals surface area contributed by atoms with Crippen molar-refractivity contribution < 1.29 is 0 Å². The molecule has 1 unspecified atom stereocenters. The predicted octanol–water partition coefficient (Wildman–Crippen LogP) is 3.18. The second-order valence-corrected chi connectivity index (χ2v) is 5.64. The van der Waals surface area contributed by atoms with Crippen molar-refractivity contribution in [1.82, 2.24) is 20.5 Å². The highest BCUT2D eigenvalue weighted by Gasteiger charge is 2.08. The first-order valence-electron chi connectivity index (χ1n) is 6.29. The fraction of sp³-hybridized carbons (Fsp3) is 0.286. The molecule has 0 aliphatic heterocycles. The zero-order valence-corrected chi connectivity index (χ0v) is 11.8. The minimum absolute atomic E-state index is 0.272. The molecule has 0 saturated heterocycles. The summed E-state index contributed by atoms with van der Waals surface area (Å²) in [7, 11) is 0. The van der Waals surface area contributed by atoms with E-state index in [9.17, 15) is 0 Å². The van der Waals surface area contributed by atoms with E-state index in [1.165, 1.54) is 15.8 Å². The van der Waals surface area contributed by atoms with Gasteiger partial charge in [-0.05, 0) is 36.9 Å². The van der Waals surface area contributed by atoms with Crippen LogP contribution in [0.2, 0.25) is 0 Å². The molecule has 19 heavy (non-hydrogen) atoms. The third-order valence-electron chi connectivity index (χ3n) is 3.36. The number of nitrogens with zero attached hydrogens (tertiary/aromatic N) is 2. The number of pyridine rings is 1. The summed E-state index contributed by atoms with van der Waals surface area (Å²) < 4.78 is 1.24. The first-order chi connectivity index (χ1) is 9.24. The van der Waals surface area contributed by atoms with E-state index in [4.69, 9.17) is 0 Å². The summed E-state index contributed by atoms with van der Waals surface area (Å²) in [4.78, 5) is 4.48. The number of rotatable bonds is 4. The number of hydrogen-bond acceptors (Lipinski definition) is 4. The molecular formula is C14H16N4S. The van der Waals surface area contributed by atoms with Crippen LogP contribution in [0.25, 0.3) is 10.2 Å². The molecular weight excluding hydrogens is 256 g/mol. The van der Waals surface area contributed by atoms with Crippen LogP contribution >= 0.6 is 11.3 Å². The summed E-state index contributed by atoms with van der Waals surface area (Å²) in [5.74, 6) is 0. The Kier molecular flexibility index (Phi) is 3.31. The second kappa shape index (κ2) is 5.11. The quantitative estimate of drug-likeness (QED) is 0.767. The van der Waals surface area contributed by atoms with Crippen LogP contribution in [0.15, 0.2) is 29.9 Å². The molecule has 3 aromatic rings. The molecule has 3 rings (SSSR count). The van der Waals surface area contributed by atoms with Crippen LogP contribution in [0.1, 0.15) is 29.8 Å². The van der Waals surface area contributed by atoms with E-state index in [0.717, 1.165) is 17.8 Å². The molecule has 3 heterocycles. The number of aromatic nitrogens is 3. The lowest BCUT2D eigenvalue weighted by atomic mass is 10.1. The highest BCUT2D eigenvalue weighted by atomic mass is 32.1. The lowest BCUT2D eigenvalue weighted by Crippen LogP contribution is -2.18. The van der Waals surface area contributed by atoms with Gasteiger partial charge in [0, 0.05) is 30.0 Å². The number of H-pyrrole nitrogens is 1. The van der Waals surface area contributed by atoms with Gasteiger partial charge in [-0.3, -0.25) is 10.1 Å². The van der Waals surface area contributed by atoms with E-state index in [1.54, 1.807) is 11.3 Å². The van der Waals surface area contributed by atoms with Gasteiger partial charge in [0.05, 0.1) is 16.4 Å². The molecule has 0 fully saturated rings. The molecule has 0 bridgehead atoms. The van der Waals surface area contributed by atoms with Crippen LogP contribution in [-0.2, 0) is 6.54 Å². The van der Waals surface area contributed by atoms with Gasteiger partial charge in [-0.15, -0.1) is 11.3 Å². The molecule has 5 heteroatoms. The summed E-state index contributed by atoms with van der Waals surface area (Å²) >= 11 is 1.73.